The zero-order valence-corrected chi connectivity index (χ0v) is 14.7. The molecule has 0 saturated carbocycles. The van der Waals surface area contributed by atoms with Crippen LogP contribution >= 0.6 is 0 Å². The van der Waals surface area contributed by atoms with Crippen molar-refractivity contribution in [3.8, 4) is 0 Å². The van der Waals surface area contributed by atoms with Gasteiger partial charge in [-0.2, -0.15) is 0 Å². The molecule has 0 aliphatic carbocycles. The van der Waals surface area contributed by atoms with Crippen molar-refractivity contribution in [1.29, 1.82) is 0 Å². The molecule has 0 N–H and O–H groups in total. The largest absolute Gasteiger partial charge is 0.340 e. The number of nitrogens with zero attached hydrogens (tertiary/aromatic N) is 4. The Morgan fingerprint density at radius 2 is 1.82 bits per heavy atom. The second-order valence-electron chi connectivity index (χ2n) is 7.52. The summed E-state index contributed by atoms with van der Waals surface area (Å²) in [6, 6.07) is 0. The molecule has 1 aromatic heterocycles. The molecule has 0 spiro atoms. The number of carbonyl (C=O) groups is 1. The first-order valence-corrected chi connectivity index (χ1v) is 8.32. The molecule has 1 saturated heterocycles. The van der Waals surface area contributed by atoms with E-state index >= 15 is 0 Å². The Kier molecular flexibility index (Phi) is 5.27. The maximum Gasteiger partial charge on any atom is 0.228 e. The van der Waals surface area contributed by atoms with Crippen LogP contribution in [0, 0.1) is 5.41 Å². The molecule has 5 nitrogen and oxygen atoms in total. The van der Waals surface area contributed by atoms with Crippen LogP contribution < -0.4 is 0 Å². The first-order valence-electron chi connectivity index (χ1n) is 8.32. The maximum atomic E-state index is 12.3. The lowest BCUT2D eigenvalue weighted by atomic mass is 9.94. The van der Waals surface area contributed by atoms with E-state index in [2.05, 4.69) is 34.5 Å². The van der Waals surface area contributed by atoms with Crippen molar-refractivity contribution >= 4 is 5.91 Å². The van der Waals surface area contributed by atoms with Crippen molar-refractivity contribution in [2.45, 2.75) is 47.1 Å². The van der Waals surface area contributed by atoms with Gasteiger partial charge in [0.05, 0.1) is 0 Å². The number of carbonyl (C=O) groups excluding carboxylic acids is 1. The number of amides is 1. The van der Waals surface area contributed by atoms with Gasteiger partial charge in [-0.05, 0) is 0 Å². The summed E-state index contributed by atoms with van der Waals surface area (Å²) in [5.41, 5.74) is -0.273. The molecule has 1 amide bonds. The number of rotatable bonds is 4. The van der Waals surface area contributed by atoms with Gasteiger partial charge < -0.3 is 9.47 Å². The summed E-state index contributed by atoms with van der Waals surface area (Å²) >= 11 is 0. The first kappa shape index (κ1) is 17.0. The second-order valence-corrected chi connectivity index (χ2v) is 7.52. The van der Waals surface area contributed by atoms with E-state index in [1.807, 2.05) is 31.9 Å². The van der Waals surface area contributed by atoms with Gasteiger partial charge in [-0.15, -0.1) is 0 Å². The molecule has 124 valence electrons. The van der Waals surface area contributed by atoms with Gasteiger partial charge in [0.1, 0.15) is 5.82 Å². The average molecular weight is 306 g/mol. The Morgan fingerprint density at radius 1 is 1.18 bits per heavy atom. The van der Waals surface area contributed by atoms with E-state index in [1.54, 1.807) is 0 Å². The molecular formula is C17H30N4O. The summed E-state index contributed by atoms with van der Waals surface area (Å²) in [6.45, 7) is 15.9. The van der Waals surface area contributed by atoms with E-state index in [0.717, 1.165) is 45.1 Å². The predicted molar refractivity (Wildman–Crippen MR) is 88.8 cm³/mol. The number of hydrogen-bond acceptors (Lipinski definition) is 3. The van der Waals surface area contributed by atoms with Crippen LogP contribution in [0.25, 0.3) is 0 Å². The minimum atomic E-state index is -0.273. The zero-order valence-electron chi connectivity index (χ0n) is 14.7. The molecule has 2 rings (SSSR count). The maximum absolute atomic E-state index is 12.3. The predicted octanol–water partition coefficient (Wildman–Crippen LogP) is 2.20. The van der Waals surface area contributed by atoms with Crippen molar-refractivity contribution in [2.24, 2.45) is 5.41 Å². The van der Waals surface area contributed by atoms with Crippen molar-refractivity contribution < 1.29 is 4.79 Å². The van der Waals surface area contributed by atoms with Crippen molar-refractivity contribution in [3.05, 3.63) is 18.2 Å². The van der Waals surface area contributed by atoms with E-state index in [1.165, 1.54) is 0 Å². The highest BCUT2D eigenvalue weighted by molar-refractivity contribution is 5.81. The van der Waals surface area contributed by atoms with Gasteiger partial charge in [-0.3, -0.25) is 9.69 Å². The van der Waals surface area contributed by atoms with Gasteiger partial charge >= 0.3 is 0 Å². The van der Waals surface area contributed by atoms with Crippen LogP contribution in [0.15, 0.2) is 12.4 Å². The van der Waals surface area contributed by atoms with Crippen LogP contribution in [0.4, 0.5) is 0 Å². The third kappa shape index (κ3) is 4.09. The smallest absolute Gasteiger partial charge is 0.228 e. The molecule has 0 aromatic carbocycles. The van der Waals surface area contributed by atoms with Gasteiger partial charge in [0, 0.05) is 63.0 Å². The standard InChI is InChI=1S/C17H30N4O/c1-14(2)15-18-6-7-20(15)11-8-19-9-12-21(13-10-19)16(22)17(3,4)5/h6-7,14H,8-13H2,1-5H3. The first-order chi connectivity index (χ1) is 10.3. The Morgan fingerprint density at radius 3 is 2.36 bits per heavy atom. The highest BCUT2D eigenvalue weighted by Gasteiger charge is 2.29. The molecule has 0 atom stereocenters. The SMILES string of the molecule is CC(C)c1nccn1CCN1CCN(C(=O)C(C)(C)C)CC1. The average Bonchev–Trinajstić information content (AvgIpc) is 2.92. The van der Waals surface area contributed by atoms with E-state index in [9.17, 15) is 4.79 Å². The van der Waals surface area contributed by atoms with Crippen LogP contribution in [0.2, 0.25) is 0 Å². The number of hydrogen-bond donors (Lipinski definition) is 0. The molecule has 0 bridgehead atoms. The van der Waals surface area contributed by atoms with Gasteiger partial charge in [-0.25, -0.2) is 4.98 Å². The molecule has 5 heteroatoms. The van der Waals surface area contributed by atoms with Crippen LogP contribution in [0.5, 0.6) is 0 Å². The topological polar surface area (TPSA) is 41.4 Å². The minimum absolute atomic E-state index is 0.267. The summed E-state index contributed by atoms with van der Waals surface area (Å²) in [4.78, 5) is 21.2. The Balaban J connectivity index is 1.81. The fourth-order valence-corrected chi connectivity index (χ4v) is 2.91. The molecule has 1 fully saturated rings. The lowest BCUT2D eigenvalue weighted by Gasteiger charge is -2.37. The number of aromatic nitrogens is 2. The van der Waals surface area contributed by atoms with Crippen LogP contribution in [-0.2, 0) is 11.3 Å². The van der Waals surface area contributed by atoms with Gasteiger partial charge in [0.15, 0.2) is 0 Å². The fraction of sp³-hybridized carbons (Fsp3) is 0.765. The van der Waals surface area contributed by atoms with E-state index in [0.29, 0.717) is 5.92 Å². The third-order valence-electron chi connectivity index (χ3n) is 4.22. The monoisotopic (exact) mass is 306 g/mol. The molecule has 0 unspecified atom stereocenters. The lowest BCUT2D eigenvalue weighted by molar-refractivity contribution is -0.141. The van der Waals surface area contributed by atoms with Crippen LogP contribution in [-0.4, -0.2) is 58.0 Å². The van der Waals surface area contributed by atoms with E-state index in [-0.39, 0.29) is 11.3 Å². The number of piperazine rings is 1. The van der Waals surface area contributed by atoms with Crippen molar-refractivity contribution in [1.82, 2.24) is 19.4 Å². The van der Waals surface area contributed by atoms with Crippen LogP contribution in [0.3, 0.4) is 0 Å². The molecule has 0 radical (unpaired) electrons. The highest BCUT2D eigenvalue weighted by atomic mass is 16.2. The van der Waals surface area contributed by atoms with E-state index < -0.39 is 0 Å². The summed E-state index contributed by atoms with van der Waals surface area (Å²) in [5, 5.41) is 0. The molecule has 1 aromatic rings. The summed E-state index contributed by atoms with van der Waals surface area (Å²) in [5.74, 6) is 1.88. The normalized spacial score (nSPS) is 17.3. The van der Waals surface area contributed by atoms with Gasteiger partial charge in [-0.1, -0.05) is 34.6 Å². The van der Waals surface area contributed by atoms with Crippen molar-refractivity contribution in [2.75, 3.05) is 32.7 Å². The highest BCUT2D eigenvalue weighted by Crippen LogP contribution is 2.18. The Labute approximate surface area is 134 Å². The third-order valence-corrected chi connectivity index (χ3v) is 4.22. The molecule has 1 aliphatic rings. The van der Waals surface area contributed by atoms with Gasteiger partial charge in [0.25, 0.3) is 0 Å². The molecule has 22 heavy (non-hydrogen) atoms. The zero-order chi connectivity index (χ0) is 16.3. The molecule has 1 aliphatic heterocycles. The summed E-state index contributed by atoms with van der Waals surface area (Å²) < 4.78 is 2.25. The van der Waals surface area contributed by atoms with Crippen LogP contribution in [0.1, 0.15) is 46.4 Å². The Bertz CT molecular complexity index is 493. The quantitative estimate of drug-likeness (QED) is 0.856. The minimum Gasteiger partial charge on any atom is -0.340 e. The molecular weight excluding hydrogens is 276 g/mol. The molecule has 2 heterocycles. The lowest BCUT2D eigenvalue weighted by Crippen LogP contribution is -2.52. The van der Waals surface area contributed by atoms with Gasteiger partial charge in [0.2, 0.25) is 5.91 Å². The summed E-state index contributed by atoms with van der Waals surface area (Å²) in [7, 11) is 0. The van der Waals surface area contributed by atoms with Crippen molar-refractivity contribution in [3.63, 3.8) is 0 Å². The fourth-order valence-electron chi connectivity index (χ4n) is 2.91. The second kappa shape index (κ2) is 6.82. The van der Waals surface area contributed by atoms with E-state index in [4.69, 9.17) is 0 Å². The number of imidazole rings is 1. The Hall–Kier alpha value is -1.36. The summed E-state index contributed by atoms with van der Waals surface area (Å²) in [6.07, 6.45) is 3.95.